The van der Waals surface area contributed by atoms with Gasteiger partial charge >= 0.3 is 7.12 Å². The number of furan rings is 1. The molecule has 4 heteroatoms. The number of hydrogen-bond donors (Lipinski definition) is 0. The van der Waals surface area contributed by atoms with Gasteiger partial charge < -0.3 is 13.7 Å². The Kier molecular flexibility index (Phi) is 4.11. The van der Waals surface area contributed by atoms with Crippen LogP contribution >= 0.6 is 0 Å². The summed E-state index contributed by atoms with van der Waals surface area (Å²) in [5, 5.41) is 4.63. The first-order chi connectivity index (χ1) is 15.3. The molecule has 0 amide bonds. The van der Waals surface area contributed by atoms with Gasteiger partial charge in [0.1, 0.15) is 11.2 Å². The third kappa shape index (κ3) is 2.91. The van der Waals surface area contributed by atoms with Crippen LogP contribution in [0.25, 0.3) is 43.8 Å². The van der Waals surface area contributed by atoms with Crippen LogP contribution in [0.3, 0.4) is 0 Å². The lowest BCUT2D eigenvalue weighted by Crippen LogP contribution is -2.41. The molecular formula is C28H25BO3. The third-order valence-electron chi connectivity index (χ3n) is 7.11. The average Bonchev–Trinajstić information content (AvgIpc) is 3.24. The summed E-state index contributed by atoms with van der Waals surface area (Å²) >= 11 is 0. The van der Waals surface area contributed by atoms with Gasteiger partial charge in [0, 0.05) is 10.8 Å². The SMILES string of the molecule is CC1(C)OB(c2ccccc2-c2ccc3cc4oc5ccccc5c4cc3c2)OC1(C)C. The lowest BCUT2D eigenvalue weighted by molar-refractivity contribution is 0.00578. The Hall–Kier alpha value is -3.08. The fourth-order valence-corrected chi connectivity index (χ4v) is 4.57. The second kappa shape index (κ2) is 6.71. The van der Waals surface area contributed by atoms with Crippen molar-refractivity contribution in [3.8, 4) is 11.1 Å². The summed E-state index contributed by atoms with van der Waals surface area (Å²) in [6.07, 6.45) is 0. The van der Waals surface area contributed by atoms with E-state index in [1.165, 1.54) is 5.39 Å². The first-order valence-corrected chi connectivity index (χ1v) is 11.1. The maximum atomic E-state index is 6.36. The van der Waals surface area contributed by atoms with E-state index in [0.717, 1.165) is 43.9 Å². The molecule has 1 aromatic heterocycles. The van der Waals surface area contributed by atoms with Gasteiger partial charge in [-0.05, 0) is 79.3 Å². The van der Waals surface area contributed by atoms with Gasteiger partial charge in [-0.1, -0.05) is 54.6 Å². The number of benzene rings is 4. The van der Waals surface area contributed by atoms with E-state index in [2.05, 4.69) is 88.4 Å². The van der Waals surface area contributed by atoms with E-state index in [-0.39, 0.29) is 11.2 Å². The van der Waals surface area contributed by atoms with Gasteiger partial charge in [-0.15, -0.1) is 0 Å². The van der Waals surface area contributed by atoms with Crippen LogP contribution in [0.1, 0.15) is 27.7 Å². The highest BCUT2D eigenvalue weighted by Gasteiger charge is 2.52. The minimum atomic E-state index is -0.396. The van der Waals surface area contributed by atoms with Crippen molar-refractivity contribution in [3.63, 3.8) is 0 Å². The molecule has 1 aliphatic rings. The van der Waals surface area contributed by atoms with Crippen molar-refractivity contribution >= 4 is 45.3 Å². The van der Waals surface area contributed by atoms with Crippen LogP contribution in [0.15, 0.2) is 83.3 Å². The average molecular weight is 420 g/mol. The molecule has 2 heterocycles. The molecular weight excluding hydrogens is 395 g/mol. The molecule has 0 bridgehead atoms. The number of hydrogen-bond acceptors (Lipinski definition) is 3. The fraction of sp³-hybridized carbons (Fsp3) is 0.214. The zero-order valence-corrected chi connectivity index (χ0v) is 18.8. The molecule has 3 nitrogen and oxygen atoms in total. The molecule has 158 valence electrons. The summed E-state index contributed by atoms with van der Waals surface area (Å²) < 4.78 is 18.8. The summed E-state index contributed by atoms with van der Waals surface area (Å²) in [6, 6.07) is 27.5. The maximum absolute atomic E-state index is 6.36. The van der Waals surface area contributed by atoms with Crippen molar-refractivity contribution in [2.45, 2.75) is 38.9 Å². The van der Waals surface area contributed by atoms with E-state index in [0.29, 0.717) is 0 Å². The number of fused-ring (bicyclic) bond motifs is 4. The summed E-state index contributed by atoms with van der Waals surface area (Å²) in [6.45, 7) is 8.36. The lowest BCUT2D eigenvalue weighted by Gasteiger charge is -2.32. The minimum absolute atomic E-state index is 0.373. The second-order valence-electron chi connectivity index (χ2n) is 9.68. The highest BCUT2D eigenvalue weighted by molar-refractivity contribution is 6.63. The molecule has 0 aliphatic carbocycles. The Balaban J connectivity index is 1.49. The van der Waals surface area contributed by atoms with E-state index in [4.69, 9.17) is 13.7 Å². The summed E-state index contributed by atoms with van der Waals surface area (Å²) in [5.41, 5.74) is 4.43. The second-order valence-corrected chi connectivity index (χ2v) is 9.68. The molecule has 1 saturated heterocycles. The van der Waals surface area contributed by atoms with Crippen molar-refractivity contribution in [2.75, 3.05) is 0 Å². The molecule has 1 fully saturated rings. The summed E-state index contributed by atoms with van der Waals surface area (Å²) in [7, 11) is -0.396. The first-order valence-electron chi connectivity index (χ1n) is 11.1. The topological polar surface area (TPSA) is 31.6 Å². The fourth-order valence-electron chi connectivity index (χ4n) is 4.57. The lowest BCUT2D eigenvalue weighted by atomic mass is 9.74. The Bertz CT molecular complexity index is 1480. The third-order valence-corrected chi connectivity index (χ3v) is 7.11. The zero-order valence-electron chi connectivity index (χ0n) is 18.8. The normalized spacial score (nSPS) is 17.6. The molecule has 0 spiro atoms. The Morgan fingerprint density at radius 3 is 2.16 bits per heavy atom. The molecule has 6 rings (SSSR count). The Morgan fingerprint density at radius 1 is 0.625 bits per heavy atom. The van der Waals surface area contributed by atoms with Gasteiger partial charge in [0.25, 0.3) is 0 Å². The molecule has 0 N–H and O–H groups in total. The molecule has 0 radical (unpaired) electrons. The predicted octanol–water partition coefficient (Wildman–Crippen LogP) is 6.71. The molecule has 4 aromatic carbocycles. The van der Waals surface area contributed by atoms with Crippen LogP contribution in [0.4, 0.5) is 0 Å². The number of para-hydroxylation sites is 1. The van der Waals surface area contributed by atoms with Gasteiger partial charge in [-0.25, -0.2) is 0 Å². The molecule has 32 heavy (non-hydrogen) atoms. The summed E-state index contributed by atoms with van der Waals surface area (Å²) in [5.74, 6) is 0. The van der Waals surface area contributed by atoms with Gasteiger partial charge in [-0.2, -0.15) is 0 Å². The van der Waals surface area contributed by atoms with Crippen molar-refractivity contribution in [1.82, 2.24) is 0 Å². The van der Waals surface area contributed by atoms with E-state index in [1.807, 2.05) is 18.2 Å². The van der Waals surface area contributed by atoms with Gasteiger partial charge in [0.05, 0.1) is 11.2 Å². The van der Waals surface area contributed by atoms with Gasteiger partial charge in [0.2, 0.25) is 0 Å². The Labute approximate surface area is 188 Å². The van der Waals surface area contributed by atoms with Gasteiger partial charge in [-0.3, -0.25) is 0 Å². The van der Waals surface area contributed by atoms with Crippen LogP contribution in [0.2, 0.25) is 0 Å². The molecule has 1 aliphatic heterocycles. The van der Waals surface area contributed by atoms with Crippen LogP contribution in [-0.2, 0) is 9.31 Å². The van der Waals surface area contributed by atoms with Gasteiger partial charge in [0.15, 0.2) is 0 Å². The highest BCUT2D eigenvalue weighted by atomic mass is 16.7. The minimum Gasteiger partial charge on any atom is -0.456 e. The first kappa shape index (κ1) is 19.6. The van der Waals surface area contributed by atoms with Crippen LogP contribution < -0.4 is 5.46 Å². The smallest absolute Gasteiger partial charge is 0.456 e. The van der Waals surface area contributed by atoms with E-state index < -0.39 is 7.12 Å². The van der Waals surface area contributed by atoms with Crippen LogP contribution in [0.5, 0.6) is 0 Å². The zero-order chi connectivity index (χ0) is 22.1. The van der Waals surface area contributed by atoms with Crippen molar-refractivity contribution in [1.29, 1.82) is 0 Å². The molecule has 0 unspecified atom stereocenters. The summed E-state index contributed by atoms with van der Waals surface area (Å²) in [4.78, 5) is 0. The molecule has 5 aromatic rings. The molecule has 0 atom stereocenters. The maximum Gasteiger partial charge on any atom is 0.495 e. The highest BCUT2D eigenvalue weighted by Crippen LogP contribution is 2.38. The monoisotopic (exact) mass is 420 g/mol. The van der Waals surface area contributed by atoms with Crippen molar-refractivity contribution in [2.24, 2.45) is 0 Å². The van der Waals surface area contributed by atoms with Crippen molar-refractivity contribution < 1.29 is 13.7 Å². The van der Waals surface area contributed by atoms with Crippen LogP contribution in [-0.4, -0.2) is 18.3 Å². The molecule has 0 saturated carbocycles. The predicted molar refractivity (Wildman–Crippen MR) is 132 cm³/mol. The largest absolute Gasteiger partial charge is 0.495 e. The van der Waals surface area contributed by atoms with E-state index >= 15 is 0 Å². The van der Waals surface area contributed by atoms with E-state index in [9.17, 15) is 0 Å². The Morgan fingerprint density at radius 2 is 1.34 bits per heavy atom. The van der Waals surface area contributed by atoms with Crippen LogP contribution in [0, 0.1) is 0 Å². The van der Waals surface area contributed by atoms with E-state index in [1.54, 1.807) is 0 Å². The number of rotatable bonds is 2. The standard InChI is InChI=1S/C28H25BO3/c1-27(2)28(3,4)32-29(31-27)24-11-7-5-9-21(24)19-14-13-18-17-26-23(16-20(18)15-19)22-10-6-8-12-25(22)30-26/h5-17H,1-4H3. The van der Waals surface area contributed by atoms with Crippen molar-refractivity contribution in [3.05, 3.63) is 78.9 Å². The quantitative estimate of drug-likeness (QED) is 0.298.